The van der Waals surface area contributed by atoms with Crippen molar-refractivity contribution in [2.75, 3.05) is 0 Å². The van der Waals surface area contributed by atoms with Crippen molar-refractivity contribution in [1.82, 2.24) is 0 Å². The van der Waals surface area contributed by atoms with Crippen LogP contribution in [-0.2, 0) is 12.8 Å². The van der Waals surface area contributed by atoms with Gasteiger partial charge < -0.3 is 10.0 Å². The zero-order chi connectivity index (χ0) is 19.2. The maximum Gasteiger partial charge on any atom is 0.488 e. The Labute approximate surface area is 162 Å². The summed E-state index contributed by atoms with van der Waals surface area (Å²) in [5.41, 5.74) is 5.25. The largest absolute Gasteiger partial charge is 0.488 e. The van der Waals surface area contributed by atoms with Crippen LogP contribution >= 0.6 is 0 Å². The molecule has 0 heterocycles. The zero-order valence-corrected chi connectivity index (χ0v) is 16.0. The number of fused-ring (bicyclic) bond motifs is 1. The number of aryl methyl sites for hydroxylation is 2. The molecule has 0 saturated heterocycles. The third kappa shape index (κ3) is 4.80. The Morgan fingerprint density at radius 2 is 1.63 bits per heavy atom. The van der Waals surface area contributed by atoms with E-state index in [4.69, 9.17) is 0 Å². The van der Waals surface area contributed by atoms with Gasteiger partial charge >= 0.3 is 7.12 Å². The molecule has 0 amide bonds. The Balaban J connectivity index is 1.87. The average molecular weight is 356 g/mol. The molecule has 0 aliphatic heterocycles. The Morgan fingerprint density at radius 3 is 2.37 bits per heavy atom. The van der Waals surface area contributed by atoms with Crippen molar-refractivity contribution in [3.05, 3.63) is 76.9 Å². The van der Waals surface area contributed by atoms with Crippen molar-refractivity contribution < 1.29 is 10.0 Å². The van der Waals surface area contributed by atoms with Gasteiger partial charge in [0.05, 0.1) is 0 Å². The topological polar surface area (TPSA) is 40.5 Å². The van der Waals surface area contributed by atoms with Crippen LogP contribution in [0.5, 0.6) is 0 Å². The quantitative estimate of drug-likeness (QED) is 0.539. The molecule has 27 heavy (non-hydrogen) atoms. The summed E-state index contributed by atoms with van der Waals surface area (Å²) in [7, 11) is -1.44. The maximum atomic E-state index is 9.30. The van der Waals surface area contributed by atoms with E-state index in [0.29, 0.717) is 5.46 Å². The normalized spacial score (nSPS) is 10.5. The van der Waals surface area contributed by atoms with E-state index in [0.717, 1.165) is 34.7 Å². The smallest absolute Gasteiger partial charge is 0.423 e. The van der Waals surface area contributed by atoms with Gasteiger partial charge in [0.1, 0.15) is 0 Å². The first-order valence-corrected chi connectivity index (χ1v) is 9.64. The van der Waals surface area contributed by atoms with Gasteiger partial charge in [0.15, 0.2) is 0 Å². The van der Waals surface area contributed by atoms with Crippen molar-refractivity contribution in [3.63, 3.8) is 0 Å². The highest BCUT2D eigenvalue weighted by atomic mass is 16.4. The number of benzene rings is 3. The van der Waals surface area contributed by atoms with Crippen molar-refractivity contribution in [2.45, 2.75) is 39.5 Å². The molecular weight excluding hydrogens is 331 g/mol. The fourth-order valence-electron chi connectivity index (χ4n) is 3.24. The molecular formula is C24H25BO2. The lowest BCUT2D eigenvalue weighted by Gasteiger charge is -2.06. The van der Waals surface area contributed by atoms with Gasteiger partial charge in [-0.3, -0.25) is 0 Å². The first kappa shape index (κ1) is 19.2. The van der Waals surface area contributed by atoms with Gasteiger partial charge in [-0.1, -0.05) is 68.5 Å². The fourth-order valence-corrected chi connectivity index (χ4v) is 3.24. The molecule has 0 radical (unpaired) electrons. The van der Waals surface area contributed by atoms with Gasteiger partial charge in [0, 0.05) is 11.1 Å². The molecule has 0 aliphatic rings. The summed E-state index contributed by atoms with van der Waals surface area (Å²) < 4.78 is 0. The van der Waals surface area contributed by atoms with Crippen LogP contribution in [0.1, 0.15) is 48.9 Å². The Bertz CT molecular complexity index is 996. The van der Waals surface area contributed by atoms with E-state index in [2.05, 4.69) is 43.9 Å². The molecule has 0 fully saturated rings. The standard InChI is InChI=1S/C24H25BO2/c1-3-5-6-18-7-10-21(20(4-2)15-18)11-8-19-9-12-23-17-24(25(26)27)14-13-22(23)16-19/h7,9-10,12-17,26-27H,3-6H2,1-2H3. The molecule has 0 aliphatic carbocycles. The highest BCUT2D eigenvalue weighted by Gasteiger charge is 2.10. The van der Waals surface area contributed by atoms with Crippen LogP contribution in [-0.4, -0.2) is 17.2 Å². The first-order valence-electron chi connectivity index (χ1n) is 9.64. The Kier molecular flexibility index (Phi) is 6.34. The van der Waals surface area contributed by atoms with E-state index in [1.165, 1.54) is 24.0 Å². The summed E-state index contributed by atoms with van der Waals surface area (Å²) in [4.78, 5) is 0. The first-order chi connectivity index (χ1) is 13.1. The van der Waals surface area contributed by atoms with Gasteiger partial charge in [-0.15, -0.1) is 0 Å². The lowest BCUT2D eigenvalue weighted by atomic mass is 9.79. The number of hydrogen-bond donors (Lipinski definition) is 2. The van der Waals surface area contributed by atoms with Crippen molar-refractivity contribution in [3.8, 4) is 11.8 Å². The highest BCUT2D eigenvalue weighted by Crippen LogP contribution is 2.16. The van der Waals surface area contributed by atoms with Gasteiger partial charge in [-0.05, 0) is 64.8 Å². The lowest BCUT2D eigenvalue weighted by Crippen LogP contribution is -2.29. The molecule has 0 atom stereocenters. The summed E-state index contributed by atoms with van der Waals surface area (Å²) in [5, 5.41) is 20.6. The second-order valence-electron chi connectivity index (χ2n) is 6.89. The zero-order valence-electron chi connectivity index (χ0n) is 16.0. The Morgan fingerprint density at radius 1 is 0.852 bits per heavy atom. The SMILES string of the molecule is CCCCc1ccc(C#Cc2ccc3cc(B(O)O)ccc3c2)c(CC)c1. The summed E-state index contributed by atoms with van der Waals surface area (Å²) in [6, 6.07) is 18.0. The van der Waals surface area contributed by atoms with Gasteiger partial charge in [0.25, 0.3) is 0 Å². The Hall–Kier alpha value is -2.54. The minimum atomic E-state index is -1.44. The minimum absolute atomic E-state index is 0.497. The van der Waals surface area contributed by atoms with E-state index in [9.17, 15) is 10.0 Å². The van der Waals surface area contributed by atoms with Gasteiger partial charge in [-0.25, -0.2) is 0 Å². The summed E-state index contributed by atoms with van der Waals surface area (Å²) in [6.45, 7) is 4.39. The van der Waals surface area contributed by atoms with Crippen LogP contribution in [0.15, 0.2) is 54.6 Å². The van der Waals surface area contributed by atoms with Crippen LogP contribution in [0.4, 0.5) is 0 Å². The van der Waals surface area contributed by atoms with Crippen molar-refractivity contribution >= 4 is 23.4 Å². The molecule has 0 bridgehead atoms. The second-order valence-corrected chi connectivity index (χ2v) is 6.89. The van der Waals surface area contributed by atoms with E-state index in [1.807, 2.05) is 24.3 Å². The summed E-state index contributed by atoms with van der Waals surface area (Å²) in [5.74, 6) is 6.61. The second kappa shape index (κ2) is 8.91. The van der Waals surface area contributed by atoms with Crippen molar-refractivity contribution in [2.24, 2.45) is 0 Å². The monoisotopic (exact) mass is 356 g/mol. The van der Waals surface area contributed by atoms with E-state index < -0.39 is 7.12 Å². The summed E-state index contributed by atoms with van der Waals surface area (Å²) in [6.07, 6.45) is 4.55. The maximum absolute atomic E-state index is 9.30. The molecule has 0 unspecified atom stereocenters. The van der Waals surface area contributed by atoms with Crippen LogP contribution in [0, 0.1) is 11.8 Å². The van der Waals surface area contributed by atoms with Crippen LogP contribution < -0.4 is 5.46 Å². The molecule has 0 saturated carbocycles. The molecule has 2 nitrogen and oxygen atoms in total. The average Bonchev–Trinajstić information content (AvgIpc) is 2.70. The predicted octanol–water partition coefficient (Wildman–Crippen LogP) is 3.82. The minimum Gasteiger partial charge on any atom is -0.423 e. The van der Waals surface area contributed by atoms with Gasteiger partial charge in [0.2, 0.25) is 0 Å². The summed E-state index contributed by atoms with van der Waals surface area (Å²) >= 11 is 0. The molecule has 136 valence electrons. The molecule has 0 aromatic heterocycles. The third-order valence-electron chi connectivity index (χ3n) is 4.87. The number of rotatable bonds is 5. The van der Waals surface area contributed by atoms with Crippen LogP contribution in [0.25, 0.3) is 10.8 Å². The lowest BCUT2D eigenvalue weighted by molar-refractivity contribution is 0.426. The predicted molar refractivity (Wildman–Crippen MR) is 114 cm³/mol. The molecule has 3 rings (SSSR count). The number of unbranched alkanes of at least 4 members (excludes halogenated alkanes) is 1. The van der Waals surface area contributed by atoms with E-state index in [1.54, 1.807) is 12.1 Å². The third-order valence-corrected chi connectivity index (χ3v) is 4.87. The molecule has 2 N–H and O–H groups in total. The molecule has 3 aromatic rings. The van der Waals surface area contributed by atoms with Crippen molar-refractivity contribution in [1.29, 1.82) is 0 Å². The fraction of sp³-hybridized carbons (Fsp3) is 0.250. The van der Waals surface area contributed by atoms with E-state index >= 15 is 0 Å². The molecule has 3 aromatic carbocycles. The molecule has 3 heteroatoms. The molecule has 0 spiro atoms. The highest BCUT2D eigenvalue weighted by molar-refractivity contribution is 6.58. The van der Waals surface area contributed by atoms with Crippen LogP contribution in [0.2, 0.25) is 0 Å². The van der Waals surface area contributed by atoms with E-state index in [-0.39, 0.29) is 0 Å². The number of hydrogen-bond acceptors (Lipinski definition) is 2. The van der Waals surface area contributed by atoms with Crippen LogP contribution in [0.3, 0.4) is 0 Å². The van der Waals surface area contributed by atoms with Gasteiger partial charge in [-0.2, -0.15) is 0 Å².